The Labute approximate surface area is 125 Å². The van der Waals surface area contributed by atoms with Gasteiger partial charge in [0, 0.05) is 17.5 Å². The minimum atomic E-state index is -0.477. The van der Waals surface area contributed by atoms with Gasteiger partial charge in [0.15, 0.2) is 0 Å². The summed E-state index contributed by atoms with van der Waals surface area (Å²) in [6.07, 6.45) is 0. The van der Waals surface area contributed by atoms with Crippen LogP contribution in [0.15, 0.2) is 52.9 Å². The summed E-state index contributed by atoms with van der Waals surface area (Å²) < 4.78 is 5.68. The van der Waals surface area contributed by atoms with Gasteiger partial charge in [-0.05, 0) is 18.2 Å². The average molecular weight is 303 g/mol. The van der Waals surface area contributed by atoms with Gasteiger partial charge in [-0.1, -0.05) is 29.8 Å². The summed E-state index contributed by atoms with van der Waals surface area (Å²) in [4.78, 5) is 10.2. The van der Waals surface area contributed by atoms with Gasteiger partial charge in [0.25, 0.3) is 5.69 Å². The average Bonchev–Trinajstić information content (AvgIpc) is 2.88. The van der Waals surface area contributed by atoms with Crippen LogP contribution in [0.3, 0.4) is 0 Å². The molecule has 0 aliphatic carbocycles. The zero-order valence-electron chi connectivity index (χ0n) is 10.9. The van der Waals surface area contributed by atoms with Crippen LogP contribution in [0.25, 0.3) is 11.0 Å². The summed E-state index contributed by atoms with van der Waals surface area (Å²) in [5.74, 6) is 0.769. The van der Waals surface area contributed by atoms with Crippen molar-refractivity contribution in [1.29, 1.82) is 0 Å². The summed E-state index contributed by atoms with van der Waals surface area (Å²) in [6.45, 7) is 0.451. The largest absolute Gasteiger partial charge is 0.459 e. The van der Waals surface area contributed by atoms with Gasteiger partial charge < -0.3 is 9.73 Å². The molecule has 0 fully saturated rings. The van der Waals surface area contributed by atoms with Crippen LogP contribution >= 0.6 is 11.6 Å². The number of hydrogen-bond acceptors (Lipinski definition) is 4. The Morgan fingerprint density at radius 2 is 2.00 bits per heavy atom. The van der Waals surface area contributed by atoms with E-state index in [2.05, 4.69) is 5.32 Å². The topological polar surface area (TPSA) is 68.3 Å². The van der Waals surface area contributed by atoms with Crippen LogP contribution in [0.4, 0.5) is 11.4 Å². The Balaban J connectivity index is 1.76. The van der Waals surface area contributed by atoms with E-state index in [0.717, 1.165) is 16.7 Å². The van der Waals surface area contributed by atoms with Crippen molar-refractivity contribution in [3.8, 4) is 0 Å². The summed E-state index contributed by atoms with van der Waals surface area (Å²) in [6, 6.07) is 14.0. The highest BCUT2D eigenvalue weighted by Crippen LogP contribution is 2.27. The van der Waals surface area contributed by atoms with Crippen molar-refractivity contribution in [2.45, 2.75) is 6.54 Å². The maximum atomic E-state index is 10.7. The first-order chi connectivity index (χ1) is 10.1. The van der Waals surface area contributed by atoms with E-state index >= 15 is 0 Å². The first-order valence-corrected chi connectivity index (χ1v) is 6.66. The number of para-hydroxylation sites is 1. The highest BCUT2D eigenvalue weighted by atomic mass is 35.5. The number of rotatable bonds is 4. The molecule has 0 atom stereocenters. The zero-order chi connectivity index (χ0) is 14.8. The van der Waals surface area contributed by atoms with Crippen LogP contribution < -0.4 is 5.32 Å². The summed E-state index contributed by atoms with van der Waals surface area (Å²) in [5, 5.41) is 15.1. The monoisotopic (exact) mass is 302 g/mol. The van der Waals surface area contributed by atoms with Crippen molar-refractivity contribution >= 4 is 33.9 Å². The molecule has 106 valence electrons. The standard InChI is InChI=1S/C15H11ClN2O3/c16-13-8-11(18(19)20)5-6-14(13)17-9-12-7-10-3-1-2-4-15(10)21-12/h1-8,17H,9H2. The maximum absolute atomic E-state index is 10.7. The number of halogens is 1. The fraction of sp³-hybridized carbons (Fsp3) is 0.0667. The number of anilines is 1. The third-order valence-electron chi connectivity index (χ3n) is 3.09. The van der Waals surface area contributed by atoms with Crippen molar-refractivity contribution in [1.82, 2.24) is 0 Å². The lowest BCUT2D eigenvalue weighted by atomic mass is 10.2. The summed E-state index contributed by atoms with van der Waals surface area (Å²) >= 11 is 6.02. The number of furan rings is 1. The van der Waals surface area contributed by atoms with E-state index in [1.807, 2.05) is 30.3 Å². The lowest BCUT2D eigenvalue weighted by molar-refractivity contribution is -0.384. The molecule has 0 saturated carbocycles. The van der Waals surface area contributed by atoms with Crippen LogP contribution in [0.1, 0.15) is 5.76 Å². The first kappa shape index (κ1) is 13.5. The minimum absolute atomic E-state index is 0.0331. The van der Waals surface area contributed by atoms with E-state index in [4.69, 9.17) is 16.0 Å². The Kier molecular flexibility index (Phi) is 3.50. The second-order valence-electron chi connectivity index (χ2n) is 4.53. The first-order valence-electron chi connectivity index (χ1n) is 6.29. The second-order valence-corrected chi connectivity index (χ2v) is 4.93. The predicted molar refractivity (Wildman–Crippen MR) is 81.6 cm³/mol. The number of benzene rings is 2. The highest BCUT2D eigenvalue weighted by molar-refractivity contribution is 6.33. The van der Waals surface area contributed by atoms with E-state index in [-0.39, 0.29) is 5.69 Å². The van der Waals surface area contributed by atoms with E-state index in [1.165, 1.54) is 12.1 Å². The Bertz CT molecular complexity index is 781. The molecule has 0 spiro atoms. The molecule has 0 aliphatic heterocycles. The predicted octanol–water partition coefficient (Wildman–Crippen LogP) is 4.61. The Morgan fingerprint density at radius 1 is 1.19 bits per heavy atom. The van der Waals surface area contributed by atoms with Crippen molar-refractivity contribution in [3.05, 3.63) is 69.4 Å². The highest BCUT2D eigenvalue weighted by Gasteiger charge is 2.10. The number of nitrogens with one attached hydrogen (secondary N) is 1. The molecule has 1 heterocycles. The van der Waals surface area contributed by atoms with Crippen LogP contribution in [0, 0.1) is 10.1 Å². The molecule has 0 saturated heterocycles. The van der Waals surface area contributed by atoms with Gasteiger partial charge in [0.05, 0.1) is 22.2 Å². The molecule has 3 rings (SSSR count). The molecular formula is C15H11ClN2O3. The van der Waals surface area contributed by atoms with Gasteiger partial charge in [-0.2, -0.15) is 0 Å². The normalized spacial score (nSPS) is 10.7. The van der Waals surface area contributed by atoms with E-state index in [1.54, 1.807) is 6.07 Å². The zero-order valence-corrected chi connectivity index (χ0v) is 11.6. The van der Waals surface area contributed by atoms with Crippen LogP contribution in [-0.4, -0.2) is 4.92 Å². The number of nitrogens with zero attached hydrogens (tertiary/aromatic N) is 1. The Hall–Kier alpha value is -2.53. The number of non-ortho nitro benzene ring substituents is 1. The smallest absolute Gasteiger partial charge is 0.271 e. The number of fused-ring (bicyclic) bond motifs is 1. The molecule has 1 N–H and O–H groups in total. The fourth-order valence-electron chi connectivity index (χ4n) is 2.07. The number of nitro benzene ring substituents is 1. The van der Waals surface area contributed by atoms with Gasteiger partial charge in [-0.3, -0.25) is 10.1 Å². The van der Waals surface area contributed by atoms with E-state index < -0.39 is 4.92 Å². The van der Waals surface area contributed by atoms with E-state index in [9.17, 15) is 10.1 Å². The van der Waals surface area contributed by atoms with E-state index in [0.29, 0.717) is 17.3 Å². The number of nitro groups is 1. The molecule has 6 heteroatoms. The molecule has 0 amide bonds. The summed E-state index contributed by atoms with van der Waals surface area (Å²) in [5.41, 5.74) is 1.42. The molecule has 0 aliphatic rings. The van der Waals surface area contributed by atoms with Crippen LogP contribution in [0.2, 0.25) is 5.02 Å². The molecular weight excluding hydrogens is 292 g/mol. The molecule has 0 radical (unpaired) electrons. The van der Waals surface area contributed by atoms with Gasteiger partial charge in [0.1, 0.15) is 11.3 Å². The fourth-order valence-corrected chi connectivity index (χ4v) is 2.31. The lowest BCUT2D eigenvalue weighted by Gasteiger charge is -2.06. The van der Waals surface area contributed by atoms with Crippen molar-refractivity contribution in [2.75, 3.05) is 5.32 Å². The second kappa shape index (κ2) is 5.46. The minimum Gasteiger partial charge on any atom is -0.459 e. The lowest BCUT2D eigenvalue weighted by Crippen LogP contribution is -1.99. The van der Waals surface area contributed by atoms with Gasteiger partial charge in [-0.15, -0.1) is 0 Å². The van der Waals surface area contributed by atoms with Crippen LogP contribution in [-0.2, 0) is 6.54 Å². The Morgan fingerprint density at radius 3 is 2.71 bits per heavy atom. The maximum Gasteiger partial charge on any atom is 0.271 e. The molecule has 1 aromatic heterocycles. The quantitative estimate of drug-likeness (QED) is 0.564. The molecule has 21 heavy (non-hydrogen) atoms. The molecule has 0 unspecified atom stereocenters. The van der Waals surface area contributed by atoms with Crippen molar-refractivity contribution in [2.24, 2.45) is 0 Å². The SMILES string of the molecule is O=[N+]([O-])c1ccc(NCc2cc3ccccc3o2)c(Cl)c1. The van der Waals surface area contributed by atoms with Crippen molar-refractivity contribution in [3.63, 3.8) is 0 Å². The van der Waals surface area contributed by atoms with Gasteiger partial charge in [0.2, 0.25) is 0 Å². The van der Waals surface area contributed by atoms with Crippen molar-refractivity contribution < 1.29 is 9.34 Å². The molecule has 3 aromatic rings. The summed E-state index contributed by atoms with van der Waals surface area (Å²) in [7, 11) is 0. The molecule has 5 nitrogen and oxygen atoms in total. The van der Waals surface area contributed by atoms with Gasteiger partial charge >= 0.3 is 0 Å². The third-order valence-corrected chi connectivity index (χ3v) is 3.41. The molecule has 2 aromatic carbocycles. The van der Waals surface area contributed by atoms with Crippen LogP contribution in [0.5, 0.6) is 0 Å². The third kappa shape index (κ3) is 2.83. The van der Waals surface area contributed by atoms with Gasteiger partial charge in [-0.25, -0.2) is 0 Å². The molecule has 0 bridgehead atoms. The number of hydrogen-bond donors (Lipinski definition) is 1.